The van der Waals surface area contributed by atoms with Gasteiger partial charge in [0.2, 0.25) is 0 Å². The lowest BCUT2D eigenvalue weighted by molar-refractivity contribution is 0.235. The molecule has 1 aromatic rings. The van der Waals surface area contributed by atoms with Crippen molar-refractivity contribution >= 4 is 16.7 Å². The van der Waals surface area contributed by atoms with Crippen molar-refractivity contribution < 1.29 is 8.95 Å². The first-order valence-corrected chi connectivity index (χ1v) is 7.82. The van der Waals surface area contributed by atoms with Crippen LogP contribution < -0.4 is 0 Å². The predicted molar refractivity (Wildman–Crippen MR) is 79.1 cm³/mol. The summed E-state index contributed by atoms with van der Waals surface area (Å²) in [5, 5.41) is 0. The molecule has 1 aliphatic rings. The van der Waals surface area contributed by atoms with Crippen LogP contribution in [-0.4, -0.2) is 28.5 Å². The number of rotatable bonds is 3. The van der Waals surface area contributed by atoms with E-state index in [-0.39, 0.29) is 11.5 Å². The van der Waals surface area contributed by atoms with Crippen molar-refractivity contribution in [3.05, 3.63) is 29.8 Å². The van der Waals surface area contributed by atoms with Gasteiger partial charge >= 0.3 is 0 Å². The Bertz CT molecular complexity index is 500. The van der Waals surface area contributed by atoms with E-state index in [0.717, 1.165) is 4.90 Å². The van der Waals surface area contributed by atoms with Crippen molar-refractivity contribution in [2.45, 2.75) is 38.6 Å². The number of aliphatic imine (C=N–C) groups is 1. The molecule has 0 saturated carbocycles. The third-order valence-electron chi connectivity index (χ3n) is 3.25. The van der Waals surface area contributed by atoms with Crippen LogP contribution in [0.1, 0.15) is 26.3 Å². The monoisotopic (exact) mass is 279 g/mol. The van der Waals surface area contributed by atoms with Crippen molar-refractivity contribution in [3.63, 3.8) is 0 Å². The first-order valence-electron chi connectivity index (χ1n) is 6.51. The van der Waals surface area contributed by atoms with Gasteiger partial charge in [0.25, 0.3) is 0 Å². The van der Waals surface area contributed by atoms with E-state index in [1.165, 1.54) is 5.56 Å². The van der Waals surface area contributed by atoms with Gasteiger partial charge in [0.15, 0.2) is 5.90 Å². The van der Waals surface area contributed by atoms with E-state index in [2.05, 4.69) is 25.8 Å². The number of aryl methyl sites for hydroxylation is 1. The summed E-state index contributed by atoms with van der Waals surface area (Å²) < 4.78 is 17.8. The van der Waals surface area contributed by atoms with E-state index in [1.54, 1.807) is 0 Å². The summed E-state index contributed by atoms with van der Waals surface area (Å²) >= 11 is 0. The Balaban J connectivity index is 2.02. The zero-order valence-electron chi connectivity index (χ0n) is 12.0. The number of ether oxygens (including phenoxy) is 1. The van der Waals surface area contributed by atoms with Gasteiger partial charge in [-0.15, -0.1) is 0 Å². The molecular formula is C15H21NO2S. The first-order chi connectivity index (χ1) is 8.86. The standard InChI is InChI=1S/C15H21NO2S/c1-11-5-7-12(8-6-11)19(17)10-14-16-13(9-18-14)15(2,3)4/h5-8,13H,9-10H2,1-4H3/t13-,19?/m1/s1. The Kier molecular flexibility index (Phi) is 4.09. The summed E-state index contributed by atoms with van der Waals surface area (Å²) in [4.78, 5) is 5.37. The van der Waals surface area contributed by atoms with E-state index >= 15 is 0 Å². The highest BCUT2D eigenvalue weighted by Crippen LogP contribution is 2.26. The second kappa shape index (κ2) is 5.45. The van der Waals surface area contributed by atoms with Gasteiger partial charge in [0, 0.05) is 4.90 Å². The van der Waals surface area contributed by atoms with Crippen LogP contribution in [0.2, 0.25) is 0 Å². The van der Waals surface area contributed by atoms with Crippen molar-refractivity contribution in [2.75, 3.05) is 12.4 Å². The summed E-state index contributed by atoms with van der Waals surface area (Å²) in [6.07, 6.45) is 0. The molecule has 2 rings (SSSR count). The maximum Gasteiger partial charge on any atom is 0.197 e. The minimum Gasteiger partial charge on any atom is -0.478 e. The van der Waals surface area contributed by atoms with Gasteiger partial charge in [-0.25, -0.2) is 4.99 Å². The molecule has 2 atom stereocenters. The van der Waals surface area contributed by atoms with E-state index in [9.17, 15) is 4.21 Å². The summed E-state index contributed by atoms with van der Waals surface area (Å²) in [5.41, 5.74) is 1.26. The van der Waals surface area contributed by atoms with Gasteiger partial charge in [0.1, 0.15) is 12.4 Å². The molecule has 0 aromatic heterocycles. The molecule has 104 valence electrons. The highest BCUT2D eigenvalue weighted by Gasteiger charge is 2.30. The zero-order chi connectivity index (χ0) is 14.0. The van der Waals surface area contributed by atoms with Gasteiger partial charge in [-0.05, 0) is 24.5 Å². The van der Waals surface area contributed by atoms with E-state index in [0.29, 0.717) is 18.3 Å². The fraction of sp³-hybridized carbons (Fsp3) is 0.533. The van der Waals surface area contributed by atoms with Crippen LogP contribution in [-0.2, 0) is 15.5 Å². The Morgan fingerprint density at radius 1 is 1.32 bits per heavy atom. The van der Waals surface area contributed by atoms with Gasteiger partial charge in [-0.1, -0.05) is 38.5 Å². The van der Waals surface area contributed by atoms with Crippen LogP contribution in [0.3, 0.4) is 0 Å². The average molecular weight is 279 g/mol. The van der Waals surface area contributed by atoms with E-state index in [4.69, 9.17) is 4.74 Å². The summed E-state index contributed by atoms with van der Waals surface area (Å²) in [6, 6.07) is 7.92. The lowest BCUT2D eigenvalue weighted by Crippen LogP contribution is -2.25. The quantitative estimate of drug-likeness (QED) is 0.853. The molecule has 1 aromatic carbocycles. The smallest absolute Gasteiger partial charge is 0.197 e. The normalized spacial score (nSPS) is 20.8. The maximum atomic E-state index is 12.2. The minimum absolute atomic E-state index is 0.0904. The van der Waals surface area contributed by atoms with Gasteiger partial charge in [0.05, 0.1) is 16.8 Å². The van der Waals surface area contributed by atoms with Crippen LogP contribution in [0.15, 0.2) is 34.2 Å². The number of hydrogen-bond acceptors (Lipinski definition) is 3. The van der Waals surface area contributed by atoms with Crippen LogP contribution in [0.25, 0.3) is 0 Å². The van der Waals surface area contributed by atoms with Crippen LogP contribution >= 0.6 is 0 Å². The lowest BCUT2D eigenvalue weighted by Gasteiger charge is -2.21. The van der Waals surface area contributed by atoms with E-state index < -0.39 is 10.8 Å². The second-order valence-electron chi connectivity index (χ2n) is 6.02. The summed E-state index contributed by atoms with van der Waals surface area (Å²) in [6.45, 7) is 9.05. The Morgan fingerprint density at radius 2 is 1.95 bits per heavy atom. The molecule has 1 unspecified atom stereocenters. The minimum atomic E-state index is -1.08. The Morgan fingerprint density at radius 3 is 2.47 bits per heavy atom. The summed E-state index contributed by atoms with van der Waals surface area (Å²) in [7, 11) is -1.08. The third kappa shape index (κ3) is 3.66. The molecule has 19 heavy (non-hydrogen) atoms. The number of nitrogens with zero attached hydrogens (tertiary/aromatic N) is 1. The van der Waals surface area contributed by atoms with Gasteiger partial charge in [-0.2, -0.15) is 0 Å². The number of benzene rings is 1. The largest absolute Gasteiger partial charge is 0.478 e. The molecule has 3 nitrogen and oxygen atoms in total. The predicted octanol–water partition coefficient (Wildman–Crippen LogP) is 2.95. The molecule has 0 aliphatic carbocycles. The molecular weight excluding hydrogens is 258 g/mol. The van der Waals surface area contributed by atoms with Crippen LogP contribution in [0.5, 0.6) is 0 Å². The van der Waals surface area contributed by atoms with Crippen molar-refractivity contribution in [2.24, 2.45) is 10.4 Å². The van der Waals surface area contributed by atoms with Crippen molar-refractivity contribution in [3.8, 4) is 0 Å². The van der Waals surface area contributed by atoms with Gasteiger partial charge in [-0.3, -0.25) is 4.21 Å². The maximum absolute atomic E-state index is 12.2. The zero-order valence-corrected chi connectivity index (χ0v) is 12.8. The molecule has 0 bridgehead atoms. The lowest BCUT2D eigenvalue weighted by atomic mass is 9.88. The fourth-order valence-electron chi connectivity index (χ4n) is 1.83. The molecule has 1 heterocycles. The third-order valence-corrected chi connectivity index (χ3v) is 4.55. The molecule has 0 saturated heterocycles. The van der Waals surface area contributed by atoms with Crippen molar-refractivity contribution in [1.82, 2.24) is 0 Å². The first kappa shape index (κ1) is 14.3. The highest BCUT2D eigenvalue weighted by molar-refractivity contribution is 7.85. The van der Waals surface area contributed by atoms with Gasteiger partial charge < -0.3 is 4.74 Å². The molecule has 1 aliphatic heterocycles. The summed E-state index contributed by atoms with van der Waals surface area (Å²) in [5.74, 6) is 0.995. The highest BCUT2D eigenvalue weighted by atomic mass is 32.2. The molecule has 0 spiro atoms. The van der Waals surface area contributed by atoms with Crippen molar-refractivity contribution in [1.29, 1.82) is 0 Å². The fourth-order valence-corrected chi connectivity index (χ4v) is 2.82. The van der Waals surface area contributed by atoms with E-state index in [1.807, 2.05) is 31.2 Å². The number of hydrogen-bond donors (Lipinski definition) is 0. The second-order valence-corrected chi connectivity index (χ2v) is 7.47. The van der Waals surface area contributed by atoms with Crippen LogP contribution in [0, 0.1) is 12.3 Å². The van der Waals surface area contributed by atoms with Crippen LogP contribution in [0.4, 0.5) is 0 Å². The molecule has 4 heteroatoms. The molecule has 0 N–H and O–H groups in total. The molecule has 0 fully saturated rings. The molecule has 0 radical (unpaired) electrons. The SMILES string of the molecule is Cc1ccc(S(=O)CC2=N[C@@H](C(C)(C)C)CO2)cc1. The molecule has 0 amide bonds. The Labute approximate surface area is 117 Å². The Hall–Kier alpha value is -1.16. The average Bonchev–Trinajstić information content (AvgIpc) is 2.78. The topological polar surface area (TPSA) is 38.7 Å².